The summed E-state index contributed by atoms with van der Waals surface area (Å²) in [5.74, 6) is 1.99. The molecule has 0 bridgehead atoms. The van der Waals surface area contributed by atoms with E-state index in [1.807, 2.05) is 60.9 Å². The SMILES string of the molecule is Clc1cc(Nc2ncnc3cc[nH]c23)ccc1Oc1cccc2cc[nH]c12. The van der Waals surface area contributed by atoms with Crippen molar-refractivity contribution in [3.63, 3.8) is 0 Å². The molecule has 0 unspecified atom stereocenters. The molecule has 0 saturated heterocycles. The molecule has 0 amide bonds. The summed E-state index contributed by atoms with van der Waals surface area (Å²) in [6, 6.07) is 15.3. The van der Waals surface area contributed by atoms with Crippen molar-refractivity contribution in [3.8, 4) is 11.5 Å². The topological polar surface area (TPSA) is 78.6 Å². The molecule has 0 fully saturated rings. The second-order valence-corrected chi connectivity index (χ2v) is 6.44. The number of halogens is 1. The summed E-state index contributed by atoms with van der Waals surface area (Å²) in [5.41, 5.74) is 3.43. The third-order valence-electron chi connectivity index (χ3n) is 4.31. The van der Waals surface area contributed by atoms with Crippen LogP contribution >= 0.6 is 11.6 Å². The van der Waals surface area contributed by atoms with Crippen molar-refractivity contribution in [1.82, 2.24) is 19.9 Å². The predicted molar refractivity (Wildman–Crippen MR) is 107 cm³/mol. The van der Waals surface area contributed by atoms with Crippen molar-refractivity contribution in [3.05, 3.63) is 72.3 Å². The van der Waals surface area contributed by atoms with E-state index in [4.69, 9.17) is 16.3 Å². The molecule has 0 atom stereocenters. The minimum Gasteiger partial charge on any atom is -0.454 e. The van der Waals surface area contributed by atoms with Crippen molar-refractivity contribution in [2.45, 2.75) is 0 Å². The van der Waals surface area contributed by atoms with Gasteiger partial charge in [-0.3, -0.25) is 0 Å². The Morgan fingerprint density at radius 3 is 2.70 bits per heavy atom. The van der Waals surface area contributed by atoms with E-state index < -0.39 is 0 Å². The van der Waals surface area contributed by atoms with Gasteiger partial charge in [0.1, 0.15) is 17.6 Å². The first-order valence-corrected chi connectivity index (χ1v) is 8.74. The zero-order valence-electron chi connectivity index (χ0n) is 14.0. The fourth-order valence-electron chi connectivity index (χ4n) is 3.02. The maximum Gasteiger partial charge on any atom is 0.158 e. The lowest BCUT2D eigenvalue weighted by Crippen LogP contribution is -1.96. The molecule has 3 aromatic heterocycles. The van der Waals surface area contributed by atoms with Crippen molar-refractivity contribution in [2.75, 3.05) is 5.32 Å². The number of hydrogen-bond donors (Lipinski definition) is 3. The van der Waals surface area contributed by atoms with Crippen molar-refractivity contribution >= 4 is 45.0 Å². The summed E-state index contributed by atoms with van der Waals surface area (Å²) in [6.45, 7) is 0. The van der Waals surface area contributed by atoms with Crippen LogP contribution in [-0.4, -0.2) is 19.9 Å². The smallest absolute Gasteiger partial charge is 0.158 e. The summed E-state index contributed by atoms with van der Waals surface area (Å²) < 4.78 is 6.02. The van der Waals surface area contributed by atoms with Gasteiger partial charge in [0.2, 0.25) is 0 Å². The standard InChI is InChI=1S/C20H14ClN5O/c21-14-10-13(26-20-19-15(7-9-23-19)24-11-25-20)4-5-16(14)27-17-3-1-2-12-6-8-22-18(12)17/h1-11,22-23H,(H,24,25,26). The highest BCUT2D eigenvalue weighted by atomic mass is 35.5. The van der Waals surface area contributed by atoms with Gasteiger partial charge in [0.25, 0.3) is 0 Å². The van der Waals surface area contributed by atoms with Crippen LogP contribution in [0.2, 0.25) is 5.02 Å². The van der Waals surface area contributed by atoms with E-state index >= 15 is 0 Å². The molecule has 6 nitrogen and oxygen atoms in total. The Hall–Kier alpha value is -3.51. The Morgan fingerprint density at radius 2 is 1.78 bits per heavy atom. The normalized spacial score (nSPS) is 11.1. The van der Waals surface area contributed by atoms with E-state index in [-0.39, 0.29) is 0 Å². The molecule has 27 heavy (non-hydrogen) atoms. The number of aromatic amines is 2. The Morgan fingerprint density at radius 1 is 0.889 bits per heavy atom. The highest BCUT2D eigenvalue weighted by molar-refractivity contribution is 6.32. The number of fused-ring (bicyclic) bond motifs is 2. The van der Waals surface area contributed by atoms with Crippen LogP contribution < -0.4 is 10.1 Å². The van der Waals surface area contributed by atoms with Gasteiger partial charge >= 0.3 is 0 Å². The fourth-order valence-corrected chi connectivity index (χ4v) is 3.24. The molecule has 5 rings (SSSR count). The Balaban J connectivity index is 1.44. The number of anilines is 2. The van der Waals surface area contributed by atoms with Crippen LogP contribution in [0.3, 0.4) is 0 Å². The van der Waals surface area contributed by atoms with Crippen LogP contribution in [0.4, 0.5) is 11.5 Å². The Bertz CT molecular complexity index is 1260. The van der Waals surface area contributed by atoms with Crippen molar-refractivity contribution in [2.24, 2.45) is 0 Å². The summed E-state index contributed by atoms with van der Waals surface area (Å²) in [5, 5.41) is 4.85. The molecule has 132 valence electrons. The molecule has 2 aromatic carbocycles. The number of H-pyrrole nitrogens is 2. The lowest BCUT2D eigenvalue weighted by Gasteiger charge is -2.11. The molecule has 5 aromatic rings. The molecule has 3 N–H and O–H groups in total. The zero-order chi connectivity index (χ0) is 18.2. The minimum atomic E-state index is 0.500. The number of nitrogens with zero attached hydrogens (tertiary/aromatic N) is 2. The van der Waals surface area contributed by atoms with Crippen molar-refractivity contribution < 1.29 is 4.74 Å². The molecule has 0 saturated carbocycles. The van der Waals surface area contributed by atoms with Gasteiger partial charge < -0.3 is 20.0 Å². The number of aromatic nitrogens is 4. The molecule has 0 radical (unpaired) electrons. The third-order valence-corrected chi connectivity index (χ3v) is 4.60. The van der Waals surface area contributed by atoms with E-state index in [1.165, 1.54) is 6.33 Å². The highest BCUT2D eigenvalue weighted by Crippen LogP contribution is 2.35. The first-order valence-electron chi connectivity index (χ1n) is 8.36. The number of ether oxygens (including phenoxy) is 1. The monoisotopic (exact) mass is 375 g/mol. The lowest BCUT2D eigenvalue weighted by atomic mass is 10.2. The van der Waals surface area contributed by atoms with Gasteiger partial charge in [-0.05, 0) is 36.4 Å². The first-order chi connectivity index (χ1) is 13.3. The molecule has 0 aliphatic rings. The molecular formula is C20H14ClN5O. The Kier molecular flexibility index (Phi) is 3.69. The summed E-state index contributed by atoms with van der Waals surface area (Å²) >= 11 is 6.45. The van der Waals surface area contributed by atoms with Gasteiger partial charge in [-0.15, -0.1) is 0 Å². The van der Waals surface area contributed by atoms with E-state index in [1.54, 1.807) is 0 Å². The number of benzene rings is 2. The predicted octanol–water partition coefficient (Wildman–Crippen LogP) is 5.63. The van der Waals surface area contributed by atoms with Gasteiger partial charge in [-0.1, -0.05) is 23.7 Å². The van der Waals surface area contributed by atoms with Crippen LogP contribution in [0.15, 0.2) is 67.3 Å². The van der Waals surface area contributed by atoms with Crippen LogP contribution in [0, 0.1) is 0 Å². The minimum absolute atomic E-state index is 0.500. The summed E-state index contributed by atoms with van der Waals surface area (Å²) in [6.07, 6.45) is 5.24. The average molecular weight is 376 g/mol. The summed E-state index contributed by atoms with van der Waals surface area (Å²) in [4.78, 5) is 14.8. The van der Waals surface area contributed by atoms with E-state index in [2.05, 4.69) is 25.3 Å². The molecule has 0 aliphatic heterocycles. The molecule has 0 aliphatic carbocycles. The maximum atomic E-state index is 6.45. The number of rotatable bonds is 4. The molecule has 3 heterocycles. The summed E-state index contributed by atoms with van der Waals surface area (Å²) in [7, 11) is 0. The van der Waals surface area contributed by atoms with E-state index in [9.17, 15) is 0 Å². The maximum absolute atomic E-state index is 6.45. The van der Waals surface area contributed by atoms with Crippen LogP contribution in [0.1, 0.15) is 0 Å². The third kappa shape index (κ3) is 2.86. The van der Waals surface area contributed by atoms with Gasteiger partial charge in [0.15, 0.2) is 11.6 Å². The number of hydrogen-bond acceptors (Lipinski definition) is 4. The second-order valence-electron chi connectivity index (χ2n) is 6.03. The zero-order valence-corrected chi connectivity index (χ0v) is 14.8. The van der Waals surface area contributed by atoms with Gasteiger partial charge in [0.05, 0.1) is 16.1 Å². The van der Waals surface area contributed by atoms with Gasteiger partial charge in [-0.2, -0.15) is 0 Å². The Labute approximate surface area is 159 Å². The average Bonchev–Trinajstić information content (AvgIpc) is 3.34. The van der Waals surface area contributed by atoms with Crippen molar-refractivity contribution in [1.29, 1.82) is 0 Å². The largest absolute Gasteiger partial charge is 0.454 e. The van der Waals surface area contributed by atoms with Gasteiger partial charge in [-0.25, -0.2) is 9.97 Å². The van der Waals surface area contributed by atoms with Crippen LogP contribution in [0.25, 0.3) is 21.9 Å². The highest BCUT2D eigenvalue weighted by Gasteiger charge is 2.10. The number of nitrogens with one attached hydrogen (secondary N) is 3. The molecule has 7 heteroatoms. The second kappa shape index (κ2) is 6.34. The fraction of sp³-hybridized carbons (Fsp3) is 0. The van der Waals surface area contributed by atoms with E-state index in [0.717, 1.165) is 33.4 Å². The first kappa shape index (κ1) is 15.7. The van der Waals surface area contributed by atoms with Crippen LogP contribution in [0.5, 0.6) is 11.5 Å². The molecule has 0 spiro atoms. The quantitative estimate of drug-likeness (QED) is 0.380. The lowest BCUT2D eigenvalue weighted by molar-refractivity contribution is 0.487. The molecular weight excluding hydrogens is 362 g/mol. The number of para-hydroxylation sites is 1. The van der Waals surface area contributed by atoms with Crippen LogP contribution in [-0.2, 0) is 0 Å². The van der Waals surface area contributed by atoms with E-state index in [0.29, 0.717) is 16.6 Å². The van der Waals surface area contributed by atoms with Gasteiger partial charge in [0, 0.05) is 23.5 Å².